The molecule has 29 heavy (non-hydrogen) atoms. The smallest absolute Gasteiger partial charge is 0.102 e. The molecule has 3 aromatic rings. The van der Waals surface area contributed by atoms with Crippen molar-refractivity contribution in [2.24, 2.45) is 4.99 Å². The molecule has 3 heteroatoms. The molecular weight excluding hydrogens is 372 g/mol. The van der Waals surface area contributed by atoms with Crippen molar-refractivity contribution in [3.8, 4) is 0 Å². The number of nitrogens with zero attached hydrogens (tertiary/aromatic N) is 2. The summed E-state index contributed by atoms with van der Waals surface area (Å²) < 4.78 is 2.32. The van der Waals surface area contributed by atoms with Gasteiger partial charge in [0, 0.05) is 5.75 Å². The summed E-state index contributed by atoms with van der Waals surface area (Å²) in [5.74, 6) is 0.932. The van der Waals surface area contributed by atoms with Crippen LogP contribution in [0.3, 0.4) is 0 Å². The van der Waals surface area contributed by atoms with E-state index in [4.69, 9.17) is 4.99 Å². The molecule has 0 amide bonds. The van der Waals surface area contributed by atoms with Crippen LogP contribution in [0.15, 0.2) is 89.9 Å². The number of hydrogen-bond acceptors (Lipinski definition) is 3. The fraction of sp³-hybridized carbons (Fsp3) is 0.269. The predicted octanol–water partition coefficient (Wildman–Crippen LogP) is 6.96. The highest BCUT2D eigenvalue weighted by Crippen LogP contribution is 2.43. The fourth-order valence-electron chi connectivity index (χ4n) is 3.69. The van der Waals surface area contributed by atoms with Crippen LogP contribution in [-0.4, -0.2) is 10.6 Å². The first kappa shape index (κ1) is 19.8. The highest BCUT2D eigenvalue weighted by Gasteiger charge is 2.33. The van der Waals surface area contributed by atoms with Crippen LogP contribution >= 0.6 is 11.9 Å². The number of aliphatic imine (C=N–C) groups is 1. The van der Waals surface area contributed by atoms with Crippen molar-refractivity contribution >= 4 is 18.3 Å². The van der Waals surface area contributed by atoms with E-state index in [9.17, 15) is 0 Å². The first-order valence-electron chi connectivity index (χ1n) is 10.2. The molecule has 1 aliphatic rings. The van der Waals surface area contributed by atoms with Gasteiger partial charge in [0.1, 0.15) is 6.04 Å². The fourth-order valence-corrected chi connectivity index (χ4v) is 4.70. The van der Waals surface area contributed by atoms with E-state index in [2.05, 4.69) is 110 Å². The van der Waals surface area contributed by atoms with Gasteiger partial charge >= 0.3 is 0 Å². The summed E-state index contributed by atoms with van der Waals surface area (Å²) in [5, 5.41) is 0. The lowest BCUT2D eigenvalue weighted by atomic mass is 9.87. The van der Waals surface area contributed by atoms with Gasteiger partial charge in [-0.2, -0.15) is 0 Å². The number of hydrogen-bond donors (Lipinski definition) is 0. The normalized spacial score (nSPS) is 18.9. The molecule has 2 nitrogen and oxygen atoms in total. The van der Waals surface area contributed by atoms with Crippen molar-refractivity contribution in [3.05, 3.63) is 107 Å². The second-order valence-electron chi connectivity index (χ2n) is 8.56. The molecule has 4 rings (SSSR count). The van der Waals surface area contributed by atoms with Gasteiger partial charge in [-0.05, 0) is 39.6 Å². The van der Waals surface area contributed by atoms with Crippen LogP contribution in [0.2, 0.25) is 0 Å². The van der Waals surface area contributed by atoms with E-state index in [0.717, 1.165) is 5.75 Å². The van der Waals surface area contributed by atoms with Gasteiger partial charge in [-0.15, -0.1) is 0 Å². The zero-order valence-corrected chi connectivity index (χ0v) is 18.1. The Bertz CT molecular complexity index is 944. The van der Waals surface area contributed by atoms with E-state index in [1.807, 2.05) is 18.3 Å². The molecule has 1 heterocycles. The second-order valence-corrected chi connectivity index (χ2v) is 9.52. The topological polar surface area (TPSA) is 15.6 Å². The number of benzene rings is 3. The van der Waals surface area contributed by atoms with Gasteiger partial charge < -0.3 is 0 Å². The summed E-state index contributed by atoms with van der Waals surface area (Å²) in [6.07, 6.45) is 2.02. The van der Waals surface area contributed by atoms with Gasteiger partial charge in [-0.1, -0.05) is 106 Å². The Morgan fingerprint density at radius 1 is 0.793 bits per heavy atom. The van der Waals surface area contributed by atoms with Crippen LogP contribution in [0, 0.1) is 0 Å². The van der Waals surface area contributed by atoms with Crippen molar-refractivity contribution in [3.63, 3.8) is 0 Å². The summed E-state index contributed by atoms with van der Waals surface area (Å²) in [6, 6.07) is 30.7. The third-order valence-electron chi connectivity index (χ3n) is 5.40. The molecule has 0 unspecified atom stereocenters. The average Bonchev–Trinajstić information content (AvgIpc) is 3.17. The van der Waals surface area contributed by atoms with Gasteiger partial charge in [0.05, 0.1) is 12.4 Å². The molecule has 3 aromatic carbocycles. The molecule has 0 N–H and O–H groups in total. The molecule has 2 atom stereocenters. The lowest BCUT2D eigenvalue weighted by molar-refractivity contribution is 0.465. The lowest BCUT2D eigenvalue weighted by Crippen LogP contribution is -2.20. The summed E-state index contributed by atoms with van der Waals surface area (Å²) in [4.78, 5) is 4.88. The summed E-state index contributed by atoms with van der Waals surface area (Å²) >= 11 is 1.84. The van der Waals surface area contributed by atoms with Crippen LogP contribution < -0.4 is 0 Å². The molecule has 0 aliphatic carbocycles. The Kier molecular flexibility index (Phi) is 5.77. The standard InChI is InChI=1S/C26H28N2S/c1-26(2,3)23-16-14-20(15-17-23)18-29-28-19-27-24(21-10-6-4-7-11-21)25(28)22-12-8-5-9-13-22/h4-17,19,24-25H,18H2,1-3H3/t24-,25+/m0/s1. The molecule has 0 aromatic heterocycles. The maximum atomic E-state index is 4.88. The summed E-state index contributed by atoms with van der Waals surface area (Å²) in [6.45, 7) is 6.77. The minimum atomic E-state index is 0.120. The van der Waals surface area contributed by atoms with Gasteiger partial charge in [0.25, 0.3) is 0 Å². The van der Waals surface area contributed by atoms with Crippen molar-refractivity contribution in [1.82, 2.24) is 4.31 Å². The first-order chi connectivity index (χ1) is 14.0. The molecule has 0 spiro atoms. The van der Waals surface area contributed by atoms with Crippen molar-refractivity contribution < 1.29 is 0 Å². The maximum Gasteiger partial charge on any atom is 0.102 e. The Morgan fingerprint density at radius 3 is 1.97 bits per heavy atom. The monoisotopic (exact) mass is 400 g/mol. The van der Waals surface area contributed by atoms with Crippen LogP contribution in [0.4, 0.5) is 0 Å². The maximum absolute atomic E-state index is 4.88. The zero-order valence-electron chi connectivity index (χ0n) is 17.3. The lowest BCUT2D eigenvalue weighted by Gasteiger charge is -2.28. The van der Waals surface area contributed by atoms with Crippen LogP contribution in [0.5, 0.6) is 0 Å². The first-order valence-corrected chi connectivity index (χ1v) is 11.1. The minimum Gasteiger partial charge on any atom is -0.297 e. The van der Waals surface area contributed by atoms with Gasteiger partial charge in [0.15, 0.2) is 0 Å². The van der Waals surface area contributed by atoms with E-state index in [-0.39, 0.29) is 17.5 Å². The van der Waals surface area contributed by atoms with Crippen LogP contribution in [0.25, 0.3) is 0 Å². The van der Waals surface area contributed by atoms with Crippen molar-refractivity contribution in [1.29, 1.82) is 0 Å². The summed E-state index contributed by atoms with van der Waals surface area (Å²) in [7, 11) is 0. The summed E-state index contributed by atoms with van der Waals surface area (Å²) in [5.41, 5.74) is 5.46. The molecule has 0 saturated carbocycles. The Morgan fingerprint density at radius 2 is 1.38 bits per heavy atom. The number of rotatable bonds is 5. The molecule has 1 aliphatic heterocycles. The largest absolute Gasteiger partial charge is 0.297 e. The quantitative estimate of drug-likeness (QED) is 0.430. The van der Waals surface area contributed by atoms with Crippen LogP contribution in [0.1, 0.15) is 55.1 Å². The van der Waals surface area contributed by atoms with E-state index >= 15 is 0 Å². The molecular formula is C26H28N2S. The molecule has 0 fully saturated rings. The highest BCUT2D eigenvalue weighted by atomic mass is 32.2. The highest BCUT2D eigenvalue weighted by molar-refractivity contribution is 7.96. The van der Waals surface area contributed by atoms with E-state index in [1.165, 1.54) is 22.3 Å². The molecule has 0 saturated heterocycles. The van der Waals surface area contributed by atoms with Crippen molar-refractivity contribution in [2.75, 3.05) is 0 Å². The minimum absolute atomic E-state index is 0.120. The Hall–Kier alpha value is -2.52. The van der Waals surface area contributed by atoms with E-state index in [1.54, 1.807) is 0 Å². The Labute approximate surface area is 178 Å². The van der Waals surface area contributed by atoms with Gasteiger partial charge in [-0.3, -0.25) is 9.30 Å². The van der Waals surface area contributed by atoms with Crippen molar-refractivity contribution in [2.45, 2.75) is 44.0 Å². The molecule has 148 valence electrons. The third kappa shape index (κ3) is 4.56. The third-order valence-corrected chi connectivity index (χ3v) is 6.48. The van der Waals surface area contributed by atoms with Crippen LogP contribution in [-0.2, 0) is 11.2 Å². The van der Waals surface area contributed by atoms with E-state index < -0.39 is 0 Å². The molecule has 0 bridgehead atoms. The average molecular weight is 401 g/mol. The zero-order chi connectivity index (χ0) is 20.3. The molecule has 0 radical (unpaired) electrons. The second kappa shape index (κ2) is 8.46. The predicted molar refractivity (Wildman–Crippen MR) is 125 cm³/mol. The van der Waals surface area contributed by atoms with Gasteiger partial charge in [-0.25, -0.2) is 0 Å². The Balaban J connectivity index is 1.52. The van der Waals surface area contributed by atoms with E-state index in [0.29, 0.717) is 0 Å². The SMILES string of the molecule is CC(C)(C)c1ccc(CSN2C=N[C@@H](c3ccccc3)[C@H]2c2ccccc2)cc1. The van der Waals surface area contributed by atoms with Gasteiger partial charge in [0.2, 0.25) is 0 Å².